The van der Waals surface area contributed by atoms with E-state index < -0.39 is 0 Å². The smallest absolute Gasteiger partial charge is 0.227 e. The summed E-state index contributed by atoms with van der Waals surface area (Å²) >= 11 is 0. The molecular formula is C23H27FN2O5. The highest BCUT2D eigenvalue weighted by atomic mass is 19.1. The van der Waals surface area contributed by atoms with E-state index in [1.54, 1.807) is 34.1 Å². The second-order valence-corrected chi connectivity index (χ2v) is 7.28. The average molecular weight is 430 g/mol. The molecule has 1 aliphatic heterocycles. The number of hydrogen-bond donors (Lipinski definition) is 0. The summed E-state index contributed by atoms with van der Waals surface area (Å²) in [5.41, 5.74) is 1.53. The highest BCUT2D eigenvalue weighted by Gasteiger charge is 2.25. The van der Waals surface area contributed by atoms with Crippen molar-refractivity contribution in [2.75, 3.05) is 47.5 Å². The third kappa shape index (κ3) is 5.45. The lowest BCUT2D eigenvalue weighted by atomic mass is 10.1. The molecule has 2 aromatic rings. The number of halogens is 1. The molecule has 166 valence electrons. The second-order valence-electron chi connectivity index (χ2n) is 7.28. The molecule has 1 saturated heterocycles. The zero-order valence-corrected chi connectivity index (χ0v) is 18.0. The van der Waals surface area contributed by atoms with Crippen molar-refractivity contribution in [1.82, 2.24) is 9.80 Å². The number of piperazine rings is 1. The number of hydrogen-bond acceptors (Lipinski definition) is 5. The largest absolute Gasteiger partial charge is 0.493 e. The fourth-order valence-electron chi connectivity index (χ4n) is 3.62. The van der Waals surface area contributed by atoms with Crippen LogP contribution in [0.2, 0.25) is 0 Å². The van der Waals surface area contributed by atoms with Gasteiger partial charge in [-0.25, -0.2) is 4.39 Å². The van der Waals surface area contributed by atoms with Gasteiger partial charge in [-0.3, -0.25) is 9.59 Å². The molecule has 0 spiro atoms. The lowest BCUT2D eigenvalue weighted by Crippen LogP contribution is -2.51. The fraction of sp³-hybridized carbons (Fsp3) is 0.391. The van der Waals surface area contributed by atoms with E-state index in [0.717, 1.165) is 11.1 Å². The quantitative estimate of drug-likeness (QED) is 0.674. The van der Waals surface area contributed by atoms with E-state index in [1.165, 1.54) is 33.5 Å². The molecule has 8 heteroatoms. The van der Waals surface area contributed by atoms with Crippen LogP contribution in [0.5, 0.6) is 17.2 Å². The highest BCUT2D eigenvalue weighted by Crippen LogP contribution is 2.38. The summed E-state index contributed by atoms with van der Waals surface area (Å²) in [6, 6.07) is 9.46. The Kier molecular flexibility index (Phi) is 7.33. The van der Waals surface area contributed by atoms with Crippen LogP contribution in [-0.2, 0) is 22.4 Å². The molecule has 1 fully saturated rings. The van der Waals surface area contributed by atoms with Crippen molar-refractivity contribution in [2.45, 2.75) is 12.8 Å². The minimum Gasteiger partial charge on any atom is -0.493 e. The molecule has 3 rings (SSSR count). The summed E-state index contributed by atoms with van der Waals surface area (Å²) in [6.45, 7) is 1.89. The Balaban J connectivity index is 1.56. The van der Waals surface area contributed by atoms with Crippen LogP contribution in [0.4, 0.5) is 4.39 Å². The molecule has 0 atom stereocenters. The van der Waals surface area contributed by atoms with Gasteiger partial charge >= 0.3 is 0 Å². The third-order valence-corrected chi connectivity index (χ3v) is 5.33. The van der Waals surface area contributed by atoms with Crippen LogP contribution in [0.25, 0.3) is 0 Å². The molecule has 0 bridgehead atoms. The topological polar surface area (TPSA) is 68.3 Å². The molecule has 7 nitrogen and oxygen atoms in total. The number of nitrogens with zero attached hydrogens (tertiary/aromatic N) is 2. The summed E-state index contributed by atoms with van der Waals surface area (Å²) in [5, 5.41) is 0. The van der Waals surface area contributed by atoms with Crippen LogP contribution < -0.4 is 14.2 Å². The van der Waals surface area contributed by atoms with Gasteiger partial charge in [-0.15, -0.1) is 0 Å². The summed E-state index contributed by atoms with van der Waals surface area (Å²) in [6.07, 6.45) is 0.417. The normalized spacial score (nSPS) is 13.7. The number of methoxy groups -OCH3 is 3. The SMILES string of the molecule is COc1cc(CC(=O)N2CCN(C(=O)Cc3ccc(F)cc3)CC2)cc(OC)c1OC. The molecule has 0 aliphatic carbocycles. The molecule has 2 aromatic carbocycles. The van der Waals surface area contributed by atoms with Gasteiger partial charge in [-0.2, -0.15) is 0 Å². The summed E-state index contributed by atoms with van der Waals surface area (Å²) in [5.74, 6) is 1.11. The van der Waals surface area contributed by atoms with Crippen LogP contribution in [0.15, 0.2) is 36.4 Å². The number of amides is 2. The number of carbonyl (C=O) groups excluding carboxylic acids is 2. The third-order valence-electron chi connectivity index (χ3n) is 5.33. The first-order valence-corrected chi connectivity index (χ1v) is 10.0. The molecule has 2 amide bonds. The molecule has 1 heterocycles. The molecule has 0 aromatic heterocycles. The van der Waals surface area contributed by atoms with Crippen molar-refractivity contribution in [3.63, 3.8) is 0 Å². The van der Waals surface area contributed by atoms with Crippen molar-refractivity contribution in [3.8, 4) is 17.2 Å². The van der Waals surface area contributed by atoms with Gasteiger partial charge in [-0.1, -0.05) is 12.1 Å². The molecule has 31 heavy (non-hydrogen) atoms. The van der Waals surface area contributed by atoms with Crippen LogP contribution >= 0.6 is 0 Å². The van der Waals surface area contributed by atoms with Gasteiger partial charge in [0, 0.05) is 26.2 Å². The van der Waals surface area contributed by atoms with Crippen molar-refractivity contribution in [1.29, 1.82) is 0 Å². The van der Waals surface area contributed by atoms with Crippen LogP contribution in [0, 0.1) is 5.82 Å². The number of rotatable bonds is 7. The van der Waals surface area contributed by atoms with E-state index in [-0.39, 0.29) is 30.5 Å². The number of benzene rings is 2. The number of carbonyl (C=O) groups is 2. The van der Waals surface area contributed by atoms with Gasteiger partial charge in [-0.05, 0) is 35.4 Å². The van der Waals surface area contributed by atoms with E-state index in [4.69, 9.17) is 14.2 Å². The van der Waals surface area contributed by atoms with Gasteiger partial charge in [0.25, 0.3) is 0 Å². The van der Waals surface area contributed by atoms with Crippen LogP contribution in [0.1, 0.15) is 11.1 Å². The monoisotopic (exact) mass is 430 g/mol. The Bertz CT molecular complexity index is 899. The van der Waals surface area contributed by atoms with Crippen molar-refractivity contribution < 1.29 is 28.2 Å². The van der Waals surface area contributed by atoms with Crippen molar-refractivity contribution >= 4 is 11.8 Å². The minimum absolute atomic E-state index is 0.0247. The average Bonchev–Trinajstić information content (AvgIpc) is 2.79. The van der Waals surface area contributed by atoms with Gasteiger partial charge in [0.1, 0.15) is 5.82 Å². The zero-order valence-electron chi connectivity index (χ0n) is 18.0. The molecule has 0 radical (unpaired) electrons. The summed E-state index contributed by atoms with van der Waals surface area (Å²) in [4.78, 5) is 28.8. The predicted molar refractivity (Wildman–Crippen MR) is 113 cm³/mol. The molecule has 0 saturated carbocycles. The molecule has 1 aliphatic rings. The second kappa shape index (κ2) is 10.1. The Morgan fingerprint density at radius 3 is 1.65 bits per heavy atom. The Morgan fingerprint density at radius 2 is 1.23 bits per heavy atom. The first-order valence-electron chi connectivity index (χ1n) is 10.0. The van der Waals surface area contributed by atoms with Gasteiger partial charge in [0.15, 0.2) is 11.5 Å². The summed E-state index contributed by atoms with van der Waals surface area (Å²) < 4.78 is 29.0. The predicted octanol–water partition coefficient (Wildman–Crippen LogP) is 2.31. The minimum atomic E-state index is -0.324. The Labute approximate surface area is 181 Å². The van der Waals surface area contributed by atoms with Gasteiger partial charge in [0.2, 0.25) is 17.6 Å². The van der Waals surface area contributed by atoms with Crippen molar-refractivity contribution in [3.05, 3.63) is 53.3 Å². The Morgan fingerprint density at radius 1 is 0.774 bits per heavy atom. The molecule has 0 N–H and O–H groups in total. The van der Waals surface area contributed by atoms with Gasteiger partial charge < -0.3 is 24.0 Å². The maximum absolute atomic E-state index is 13.0. The lowest BCUT2D eigenvalue weighted by Gasteiger charge is -2.35. The van der Waals surface area contributed by atoms with Crippen LogP contribution in [-0.4, -0.2) is 69.1 Å². The molecular weight excluding hydrogens is 403 g/mol. The first-order chi connectivity index (χ1) is 14.9. The van der Waals surface area contributed by atoms with Crippen molar-refractivity contribution in [2.24, 2.45) is 0 Å². The molecule has 0 unspecified atom stereocenters. The van der Waals surface area contributed by atoms with E-state index in [2.05, 4.69) is 0 Å². The zero-order chi connectivity index (χ0) is 22.4. The highest BCUT2D eigenvalue weighted by molar-refractivity contribution is 5.81. The Hall–Kier alpha value is -3.29. The standard InChI is InChI=1S/C23H27FN2O5/c1-29-19-12-17(13-20(30-2)23(19)31-3)15-22(28)26-10-8-25(9-11-26)21(27)14-16-4-6-18(24)7-5-16/h4-7,12-13H,8-11,14-15H2,1-3H3. The maximum Gasteiger partial charge on any atom is 0.227 e. The summed E-state index contributed by atoms with van der Waals surface area (Å²) in [7, 11) is 4.60. The first kappa shape index (κ1) is 22.4. The number of ether oxygens (including phenoxy) is 3. The van der Waals surface area contributed by atoms with Gasteiger partial charge in [0.05, 0.1) is 34.2 Å². The van der Waals surface area contributed by atoms with Crippen LogP contribution in [0.3, 0.4) is 0 Å². The fourth-order valence-corrected chi connectivity index (χ4v) is 3.62. The van der Waals surface area contributed by atoms with E-state index >= 15 is 0 Å². The van der Waals surface area contributed by atoms with E-state index in [1.807, 2.05) is 0 Å². The lowest BCUT2D eigenvalue weighted by molar-refractivity contribution is -0.138. The van der Waals surface area contributed by atoms with E-state index in [0.29, 0.717) is 43.4 Å². The van der Waals surface area contributed by atoms with E-state index in [9.17, 15) is 14.0 Å². The maximum atomic E-state index is 13.0.